The number of hydrogen-bond acceptors (Lipinski definition) is 4. The highest BCUT2D eigenvalue weighted by Crippen LogP contribution is 2.35. The van der Waals surface area contributed by atoms with Gasteiger partial charge in [-0.05, 0) is 51.3 Å². The molecule has 0 atom stereocenters. The molecule has 2 nitrogen and oxygen atoms in total. The van der Waals surface area contributed by atoms with Crippen molar-refractivity contribution in [3.63, 3.8) is 0 Å². The maximum Gasteiger partial charge on any atom is 0.166 e. The van der Waals surface area contributed by atoms with Crippen LogP contribution >= 0.6 is 23.3 Å². The largest absolute Gasteiger partial charge is 0.239 e. The van der Waals surface area contributed by atoms with Gasteiger partial charge in [0.25, 0.3) is 0 Å². The Balaban J connectivity index is 2.15. The molecule has 0 saturated carbocycles. The molecule has 0 radical (unpaired) electrons. The van der Waals surface area contributed by atoms with E-state index >= 15 is 0 Å². The van der Waals surface area contributed by atoms with E-state index in [1.165, 1.54) is 17.5 Å². The minimum absolute atomic E-state index is 0.164. The highest BCUT2D eigenvalue weighted by Gasteiger charge is 2.23. The van der Waals surface area contributed by atoms with E-state index in [4.69, 9.17) is 4.98 Å². The van der Waals surface area contributed by atoms with E-state index in [0.29, 0.717) is 0 Å². The molecular formula is C15H22N2S2. The van der Waals surface area contributed by atoms with Crippen molar-refractivity contribution < 1.29 is 0 Å². The monoisotopic (exact) mass is 294 g/mol. The molecule has 0 fully saturated rings. The van der Waals surface area contributed by atoms with E-state index in [1.807, 2.05) is 0 Å². The summed E-state index contributed by atoms with van der Waals surface area (Å²) in [5.41, 5.74) is 1.27. The predicted octanol–water partition coefficient (Wildman–Crippen LogP) is 5.20. The average Bonchev–Trinajstić information content (AvgIpc) is 2.75. The zero-order valence-electron chi connectivity index (χ0n) is 12.1. The molecule has 0 aliphatic rings. The summed E-state index contributed by atoms with van der Waals surface area (Å²) in [4.78, 5) is 4.71. The number of unbranched alkanes of at least 4 members (excludes halogenated alkanes) is 1. The van der Waals surface area contributed by atoms with Crippen molar-refractivity contribution in [1.29, 1.82) is 0 Å². The number of fused-ring (bicyclic) bond motifs is 1. The van der Waals surface area contributed by atoms with Gasteiger partial charge < -0.3 is 0 Å². The van der Waals surface area contributed by atoms with Crippen molar-refractivity contribution in [2.45, 2.75) is 50.4 Å². The molecule has 0 unspecified atom stereocenters. The van der Waals surface area contributed by atoms with E-state index in [1.54, 1.807) is 23.3 Å². The van der Waals surface area contributed by atoms with Gasteiger partial charge in [-0.3, -0.25) is 0 Å². The highest BCUT2D eigenvalue weighted by molar-refractivity contribution is 7.99. The van der Waals surface area contributed by atoms with Crippen LogP contribution in [0.15, 0.2) is 28.6 Å². The Morgan fingerprint density at radius 3 is 2.63 bits per heavy atom. The lowest BCUT2D eigenvalue weighted by molar-refractivity contribution is 0.270. The second kappa shape index (κ2) is 6.25. The van der Waals surface area contributed by atoms with Gasteiger partial charge >= 0.3 is 0 Å². The standard InChI is InChI=1S/C15H22N2S2/c1-5-6-11-17(15(2,3)4)19-14-16-12-9-7-8-10-13(12)18-14/h7-10H,5-6,11H2,1-4H3. The summed E-state index contributed by atoms with van der Waals surface area (Å²) in [7, 11) is 0. The summed E-state index contributed by atoms with van der Waals surface area (Å²) < 4.78 is 4.87. The Morgan fingerprint density at radius 1 is 1.26 bits per heavy atom. The van der Waals surface area contributed by atoms with Gasteiger partial charge in [0.1, 0.15) is 0 Å². The zero-order valence-corrected chi connectivity index (χ0v) is 13.8. The van der Waals surface area contributed by atoms with Crippen LogP contribution in [-0.4, -0.2) is 21.4 Å². The van der Waals surface area contributed by atoms with Gasteiger partial charge in [-0.25, -0.2) is 9.29 Å². The quantitative estimate of drug-likeness (QED) is 0.705. The lowest BCUT2D eigenvalue weighted by Crippen LogP contribution is -2.36. The lowest BCUT2D eigenvalue weighted by Gasteiger charge is -2.33. The SMILES string of the molecule is CCCCN(Sc1nc2ccccc2s1)C(C)(C)C. The van der Waals surface area contributed by atoms with Crippen molar-refractivity contribution in [1.82, 2.24) is 9.29 Å². The van der Waals surface area contributed by atoms with Gasteiger partial charge in [-0.1, -0.05) is 25.5 Å². The number of rotatable bonds is 5. The Hall–Kier alpha value is -0.580. The maximum atomic E-state index is 4.71. The third-order valence-corrected chi connectivity index (χ3v) is 5.43. The second-order valence-electron chi connectivity index (χ2n) is 5.67. The summed E-state index contributed by atoms with van der Waals surface area (Å²) >= 11 is 3.59. The van der Waals surface area contributed by atoms with Crippen molar-refractivity contribution in [3.8, 4) is 0 Å². The summed E-state index contributed by atoms with van der Waals surface area (Å²) in [5, 5.41) is 0. The smallest absolute Gasteiger partial charge is 0.166 e. The van der Waals surface area contributed by atoms with Crippen LogP contribution in [0, 0.1) is 0 Å². The molecule has 1 aromatic heterocycles. The Morgan fingerprint density at radius 2 is 2.00 bits per heavy atom. The minimum Gasteiger partial charge on any atom is -0.239 e. The van der Waals surface area contributed by atoms with Crippen LogP contribution in [0.25, 0.3) is 10.2 Å². The molecule has 19 heavy (non-hydrogen) atoms. The van der Waals surface area contributed by atoms with Crippen LogP contribution < -0.4 is 0 Å². The summed E-state index contributed by atoms with van der Waals surface area (Å²) in [6.45, 7) is 10.2. The van der Waals surface area contributed by atoms with Gasteiger partial charge in [-0.15, -0.1) is 11.3 Å². The Bertz CT molecular complexity index is 495. The van der Waals surface area contributed by atoms with Crippen molar-refractivity contribution in [2.75, 3.05) is 6.54 Å². The first-order valence-electron chi connectivity index (χ1n) is 6.82. The predicted molar refractivity (Wildman–Crippen MR) is 86.8 cm³/mol. The first-order chi connectivity index (χ1) is 9.00. The van der Waals surface area contributed by atoms with Crippen LogP contribution in [0.2, 0.25) is 0 Å². The van der Waals surface area contributed by atoms with Gasteiger partial charge in [0.05, 0.1) is 10.2 Å². The number of hydrogen-bond donors (Lipinski definition) is 0. The van der Waals surface area contributed by atoms with Crippen molar-refractivity contribution in [3.05, 3.63) is 24.3 Å². The maximum absolute atomic E-state index is 4.71. The van der Waals surface area contributed by atoms with Crippen LogP contribution in [0.4, 0.5) is 0 Å². The van der Waals surface area contributed by atoms with Crippen LogP contribution in [-0.2, 0) is 0 Å². The van der Waals surface area contributed by atoms with Gasteiger partial charge in [0.15, 0.2) is 4.34 Å². The van der Waals surface area contributed by atoms with Crippen LogP contribution in [0.1, 0.15) is 40.5 Å². The van der Waals surface area contributed by atoms with E-state index < -0.39 is 0 Å². The first-order valence-corrected chi connectivity index (χ1v) is 8.41. The fraction of sp³-hybridized carbons (Fsp3) is 0.533. The molecule has 0 spiro atoms. The van der Waals surface area contributed by atoms with E-state index in [-0.39, 0.29) is 5.54 Å². The third kappa shape index (κ3) is 3.94. The molecule has 2 aromatic rings. The highest BCUT2D eigenvalue weighted by atomic mass is 32.2. The average molecular weight is 294 g/mol. The summed E-state index contributed by atoms with van der Waals surface area (Å²) in [5.74, 6) is 0. The minimum atomic E-state index is 0.164. The van der Waals surface area contributed by atoms with Crippen LogP contribution in [0.5, 0.6) is 0 Å². The van der Waals surface area contributed by atoms with Crippen LogP contribution in [0.3, 0.4) is 0 Å². The molecule has 0 N–H and O–H groups in total. The number of thiazole rings is 1. The molecule has 0 bridgehead atoms. The van der Waals surface area contributed by atoms with Gasteiger partial charge in [-0.2, -0.15) is 0 Å². The van der Waals surface area contributed by atoms with E-state index in [9.17, 15) is 0 Å². The summed E-state index contributed by atoms with van der Waals surface area (Å²) in [6, 6.07) is 8.36. The molecule has 1 aromatic carbocycles. The van der Waals surface area contributed by atoms with E-state index in [2.05, 4.69) is 56.3 Å². The normalized spacial score (nSPS) is 12.5. The number of para-hydroxylation sites is 1. The molecule has 0 aliphatic carbocycles. The molecule has 0 saturated heterocycles. The number of benzene rings is 1. The number of nitrogens with zero attached hydrogens (tertiary/aromatic N) is 2. The molecule has 2 rings (SSSR count). The molecular weight excluding hydrogens is 272 g/mol. The van der Waals surface area contributed by atoms with Crippen molar-refractivity contribution in [2.24, 2.45) is 0 Å². The van der Waals surface area contributed by atoms with Gasteiger partial charge in [0, 0.05) is 12.1 Å². The fourth-order valence-electron chi connectivity index (χ4n) is 1.80. The van der Waals surface area contributed by atoms with Crippen molar-refractivity contribution >= 4 is 33.5 Å². The molecule has 104 valence electrons. The molecule has 1 heterocycles. The zero-order chi connectivity index (χ0) is 13.9. The fourth-order valence-corrected chi connectivity index (χ4v) is 4.01. The Kier molecular flexibility index (Phi) is 4.87. The Labute approximate surface area is 124 Å². The first kappa shape index (κ1) is 14.8. The molecule has 0 amide bonds. The number of aromatic nitrogens is 1. The molecule has 4 heteroatoms. The van der Waals surface area contributed by atoms with Gasteiger partial charge in [0.2, 0.25) is 0 Å². The third-order valence-electron chi connectivity index (χ3n) is 2.93. The topological polar surface area (TPSA) is 16.1 Å². The lowest BCUT2D eigenvalue weighted by atomic mass is 10.1. The molecule has 0 aliphatic heterocycles. The summed E-state index contributed by atoms with van der Waals surface area (Å²) in [6.07, 6.45) is 2.46. The second-order valence-corrected chi connectivity index (χ2v) is 7.96. The van der Waals surface area contributed by atoms with E-state index in [0.717, 1.165) is 16.4 Å².